The molecule has 0 atom stereocenters. The quantitative estimate of drug-likeness (QED) is 0.715. The molecule has 1 rings (SSSR count). The molecule has 3 nitrogen and oxygen atoms in total. The summed E-state index contributed by atoms with van der Waals surface area (Å²) in [4.78, 5) is 2.16. The van der Waals surface area contributed by atoms with Crippen molar-refractivity contribution in [1.82, 2.24) is 10.2 Å². The van der Waals surface area contributed by atoms with Crippen LogP contribution in [0.4, 0.5) is 0 Å². The molecule has 0 aromatic heterocycles. The summed E-state index contributed by atoms with van der Waals surface area (Å²) in [6.45, 7) is 6.86. The standard InChI is InChI=1S/C14H22Br2N2O/c1-10(2)19-14-11(7-12(15)8-13(14)16)9-17-5-6-18(3)4/h7-8,10,17H,5-6,9H2,1-4H3. The Kier molecular flexibility index (Phi) is 7.36. The lowest BCUT2D eigenvalue weighted by atomic mass is 10.2. The van der Waals surface area contributed by atoms with Gasteiger partial charge in [0, 0.05) is 29.7 Å². The molecule has 0 aliphatic heterocycles. The van der Waals surface area contributed by atoms with Crippen LogP contribution in [0.5, 0.6) is 5.75 Å². The van der Waals surface area contributed by atoms with Crippen LogP contribution in [0.15, 0.2) is 21.1 Å². The molecule has 19 heavy (non-hydrogen) atoms. The molecular weight excluding hydrogens is 372 g/mol. The molecule has 0 saturated heterocycles. The number of hydrogen-bond donors (Lipinski definition) is 1. The summed E-state index contributed by atoms with van der Waals surface area (Å²) in [5.74, 6) is 0.926. The minimum Gasteiger partial charge on any atom is -0.489 e. The Morgan fingerprint density at radius 3 is 2.53 bits per heavy atom. The molecule has 108 valence electrons. The van der Waals surface area contributed by atoms with Gasteiger partial charge < -0.3 is 15.0 Å². The molecule has 0 radical (unpaired) electrons. The predicted molar refractivity (Wildman–Crippen MR) is 87.9 cm³/mol. The molecule has 0 heterocycles. The molecule has 0 saturated carbocycles. The third-order valence-electron chi connectivity index (χ3n) is 2.49. The van der Waals surface area contributed by atoms with Gasteiger partial charge in [-0.1, -0.05) is 15.9 Å². The van der Waals surface area contributed by atoms with Gasteiger partial charge in [0.15, 0.2) is 0 Å². The van der Waals surface area contributed by atoms with Gasteiger partial charge in [-0.2, -0.15) is 0 Å². The number of benzene rings is 1. The fourth-order valence-corrected chi connectivity index (χ4v) is 3.05. The second-order valence-corrected chi connectivity index (χ2v) is 6.79. The Morgan fingerprint density at radius 1 is 1.26 bits per heavy atom. The summed E-state index contributed by atoms with van der Waals surface area (Å²) in [6, 6.07) is 4.12. The van der Waals surface area contributed by atoms with E-state index in [0.29, 0.717) is 0 Å². The third kappa shape index (κ3) is 6.25. The summed E-state index contributed by atoms with van der Waals surface area (Å²) in [5, 5.41) is 3.44. The van der Waals surface area contributed by atoms with Crippen LogP contribution in [-0.2, 0) is 6.54 Å². The van der Waals surface area contributed by atoms with Gasteiger partial charge in [-0.3, -0.25) is 0 Å². The van der Waals surface area contributed by atoms with Crippen molar-refractivity contribution in [2.45, 2.75) is 26.5 Å². The number of rotatable bonds is 7. The second-order valence-electron chi connectivity index (χ2n) is 5.02. The summed E-state index contributed by atoms with van der Waals surface area (Å²) >= 11 is 7.09. The fraction of sp³-hybridized carbons (Fsp3) is 0.571. The normalized spacial score (nSPS) is 11.4. The van der Waals surface area contributed by atoms with E-state index in [0.717, 1.165) is 39.9 Å². The topological polar surface area (TPSA) is 24.5 Å². The van der Waals surface area contributed by atoms with E-state index in [9.17, 15) is 0 Å². The van der Waals surface area contributed by atoms with Gasteiger partial charge >= 0.3 is 0 Å². The highest BCUT2D eigenvalue weighted by Gasteiger charge is 2.11. The van der Waals surface area contributed by atoms with Crippen LogP contribution in [0, 0.1) is 0 Å². The van der Waals surface area contributed by atoms with Gasteiger partial charge in [0.05, 0.1) is 10.6 Å². The van der Waals surface area contributed by atoms with Crippen molar-refractivity contribution in [3.05, 3.63) is 26.6 Å². The van der Waals surface area contributed by atoms with Crippen molar-refractivity contribution in [1.29, 1.82) is 0 Å². The van der Waals surface area contributed by atoms with E-state index >= 15 is 0 Å². The third-order valence-corrected chi connectivity index (χ3v) is 3.54. The van der Waals surface area contributed by atoms with Crippen LogP contribution in [0.2, 0.25) is 0 Å². The summed E-state index contributed by atoms with van der Waals surface area (Å²) < 4.78 is 7.93. The average Bonchev–Trinajstić information content (AvgIpc) is 2.28. The Balaban J connectivity index is 2.73. The molecule has 5 heteroatoms. The Bertz CT molecular complexity index is 409. The molecule has 0 amide bonds. The monoisotopic (exact) mass is 392 g/mol. The number of likely N-dealkylation sites (N-methyl/N-ethyl adjacent to an activating group) is 1. The van der Waals surface area contributed by atoms with Gasteiger partial charge in [0.25, 0.3) is 0 Å². The lowest BCUT2D eigenvalue weighted by molar-refractivity contribution is 0.237. The zero-order chi connectivity index (χ0) is 14.4. The molecule has 1 aromatic rings. The van der Waals surface area contributed by atoms with Gasteiger partial charge in [-0.25, -0.2) is 0 Å². The van der Waals surface area contributed by atoms with E-state index in [1.54, 1.807) is 0 Å². The van der Waals surface area contributed by atoms with Crippen molar-refractivity contribution in [3.63, 3.8) is 0 Å². The van der Waals surface area contributed by atoms with E-state index in [2.05, 4.69) is 62.2 Å². The van der Waals surface area contributed by atoms with E-state index < -0.39 is 0 Å². The molecule has 1 N–H and O–H groups in total. The second kappa shape index (κ2) is 8.25. The zero-order valence-electron chi connectivity index (χ0n) is 12.0. The first-order valence-corrected chi connectivity index (χ1v) is 7.98. The SMILES string of the molecule is CC(C)Oc1c(Br)cc(Br)cc1CNCCN(C)C. The van der Waals surface area contributed by atoms with Crippen LogP contribution >= 0.6 is 31.9 Å². The van der Waals surface area contributed by atoms with E-state index in [4.69, 9.17) is 4.74 Å². The first kappa shape index (κ1) is 17.0. The summed E-state index contributed by atoms with van der Waals surface area (Å²) in [6.07, 6.45) is 0.165. The smallest absolute Gasteiger partial charge is 0.138 e. The first-order chi connectivity index (χ1) is 8.90. The minimum atomic E-state index is 0.165. The van der Waals surface area contributed by atoms with Gasteiger partial charge in [0.2, 0.25) is 0 Å². The minimum absolute atomic E-state index is 0.165. The van der Waals surface area contributed by atoms with Crippen molar-refractivity contribution in [2.24, 2.45) is 0 Å². The molecule has 0 aliphatic carbocycles. The molecule has 1 aromatic carbocycles. The van der Waals surface area contributed by atoms with Gasteiger partial charge in [-0.05, 0) is 56.0 Å². The number of nitrogens with zero attached hydrogens (tertiary/aromatic N) is 1. The largest absolute Gasteiger partial charge is 0.489 e. The number of halogens is 2. The van der Waals surface area contributed by atoms with Crippen molar-refractivity contribution in [3.8, 4) is 5.75 Å². The average molecular weight is 394 g/mol. The Labute approximate surface area is 133 Å². The fourth-order valence-electron chi connectivity index (χ4n) is 1.64. The molecule has 0 bridgehead atoms. The molecule has 0 aliphatic rings. The van der Waals surface area contributed by atoms with E-state index in [-0.39, 0.29) is 6.10 Å². The van der Waals surface area contributed by atoms with Crippen LogP contribution in [0.1, 0.15) is 19.4 Å². The highest BCUT2D eigenvalue weighted by atomic mass is 79.9. The lowest BCUT2D eigenvalue weighted by Gasteiger charge is -2.17. The summed E-state index contributed by atoms with van der Waals surface area (Å²) in [7, 11) is 4.15. The highest BCUT2D eigenvalue weighted by molar-refractivity contribution is 9.11. The van der Waals surface area contributed by atoms with Crippen LogP contribution in [0.25, 0.3) is 0 Å². The lowest BCUT2D eigenvalue weighted by Crippen LogP contribution is -2.26. The van der Waals surface area contributed by atoms with Crippen LogP contribution < -0.4 is 10.1 Å². The van der Waals surface area contributed by atoms with Crippen LogP contribution in [-0.4, -0.2) is 38.2 Å². The first-order valence-electron chi connectivity index (χ1n) is 6.40. The van der Waals surface area contributed by atoms with Gasteiger partial charge in [-0.15, -0.1) is 0 Å². The van der Waals surface area contributed by atoms with E-state index in [1.807, 2.05) is 19.9 Å². The zero-order valence-corrected chi connectivity index (χ0v) is 15.1. The molecule has 0 spiro atoms. The maximum absolute atomic E-state index is 5.89. The van der Waals surface area contributed by atoms with Crippen molar-refractivity contribution in [2.75, 3.05) is 27.2 Å². The highest BCUT2D eigenvalue weighted by Crippen LogP contribution is 2.33. The Hall–Kier alpha value is -0.100. The Morgan fingerprint density at radius 2 is 1.95 bits per heavy atom. The van der Waals surface area contributed by atoms with Crippen molar-refractivity contribution < 1.29 is 4.74 Å². The molecule has 0 unspecified atom stereocenters. The molecular formula is C14H22Br2N2O. The maximum Gasteiger partial charge on any atom is 0.138 e. The summed E-state index contributed by atoms with van der Waals surface area (Å²) in [5.41, 5.74) is 1.16. The predicted octanol–water partition coefficient (Wildman–Crippen LogP) is 3.65. The van der Waals surface area contributed by atoms with Gasteiger partial charge in [0.1, 0.15) is 5.75 Å². The number of ether oxygens (including phenoxy) is 1. The maximum atomic E-state index is 5.89. The molecule has 0 fully saturated rings. The van der Waals surface area contributed by atoms with Crippen LogP contribution in [0.3, 0.4) is 0 Å². The van der Waals surface area contributed by atoms with Crippen molar-refractivity contribution >= 4 is 31.9 Å². The number of hydrogen-bond acceptors (Lipinski definition) is 3. The van der Waals surface area contributed by atoms with E-state index in [1.165, 1.54) is 0 Å². The number of nitrogens with one attached hydrogen (secondary N) is 1.